The molecule has 0 saturated carbocycles. The maximum atomic E-state index is 12.3. The van der Waals surface area contributed by atoms with Crippen LogP contribution >= 0.6 is 7.82 Å². The summed E-state index contributed by atoms with van der Waals surface area (Å²) in [5.74, 6) is -0.276. The number of unbranched alkanes of at least 4 members (excludes halogenated alkanes) is 17. The smallest absolute Gasteiger partial charge is 0.220 e. The number of amides is 1. The third kappa shape index (κ3) is 25.0. The van der Waals surface area contributed by atoms with Gasteiger partial charge in [0.15, 0.2) is 0 Å². The number of hydrogen-bond donors (Lipinski definition) is 2. The lowest BCUT2D eigenvalue weighted by Crippen LogP contribution is -2.46. The van der Waals surface area contributed by atoms with E-state index in [1.807, 2.05) is 6.08 Å². The van der Waals surface area contributed by atoms with Crippen molar-refractivity contribution in [2.45, 2.75) is 154 Å². The monoisotopic (exact) mass is 531 g/mol. The van der Waals surface area contributed by atoms with Crippen molar-refractivity contribution in [3.63, 3.8) is 0 Å². The number of nitrogens with one attached hydrogen (secondary N) is 1. The fourth-order valence-electron chi connectivity index (χ4n) is 4.22. The summed E-state index contributed by atoms with van der Waals surface area (Å²) in [7, 11) is -5.19. The Balaban J connectivity index is 4.17. The molecule has 8 heteroatoms. The molecule has 214 valence electrons. The topological polar surface area (TPSA) is 122 Å². The number of carbonyl (C=O) groups excluding carboxylic acids is 1. The Bertz CT molecular complexity index is 580. The molecule has 0 aromatic heterocycles. The number of phosphoric ester groups is 1. The van der Waals surface area contributed by atoms with Gasteiger partial charge in [-0.05, 0) is 19.3 Å². The average Bonchev–Trinajstić information content (AvgIpc) is 2.83. The second-order valence-corrected chi connectivity index (χ2v) is 11.2. The molecule has 0 radical (unpaired) electrons. The van der Waals surface area contributed by atoms with Gasteiger partial charge >= 0.3 is 0 Å². The molecule has 0 aliphatic heterocycles. The van der Waals surface area contributed by atoms with E-state index in [4.69, 9.17) is 0 Å². The van der Waals surface area contributed by atoms with Gasteiger partial charge in [-0.3, -0.25) is 4.79 Å². The Morgan fingerprint density at radius 3 is 1.72 bits per heavy atom. The molecule has 0 spiro atoms. The summed E-state index contributed by atoms with van der Waals surface area (Å²) in [6.07, 6.45) is 24.9. The molecule has 0 bridgehead atoms. The zero-order valence-corrected chi connectivity index (χ0v) is 24.0. The van der Waals surface area contributed by atoms with E-state index in [2.05, 4.69) is 23.7 Å². The van der Waals surface area contributed by atoms with E-state index >= 15 is 0 Å². The SMILES string of the molecule is CCCCCCCCCCCCC/C=C/[C@@H](O)[C@H](COP(=O)([O-])[O-])NC(=O)CCCCCCCCC. The van der Waals surface area contributed by atoms with Crippen LogP contribution in [0.4, 0.5) is 0 Å². The van der Waals surface area contributed by atoms with Crippen LogP contribution < -0.4 is 15.1 Å². The highest BCUT2D eigenvalue weighted by Crippen LogP contribution is 2.25. The van der Waals surface area contributed by atoms with Crippen LogP contribution in [0.3, 0.4) is 0 Å². The van der Waals surface area contributed by atoms with E-state index in [-0.39, 0.29) is 5.91 Å². The van der Waals surface area contributed by atoms with Gasteiger partial charge in [0, 0.05) is 6.42 Å². The third-order valence-corrected chi connectivity index (χ3v) is 6.95. The second kappa shape index (κ2) is 24.6. The predicted molar refractivity (Wildman–Crippen MR) is 144 cm³/mol. The molecule has 0 aliphatic carbocycles. The van der Waals surface area contributed by atoms with Gasteiger partial charge in [-0.15, -0.1) is 0 Å². The minimum atomic E-state index is -5.19. The van der Waals surface area contributed by atoms with E-state index in [9.17, 15) is 24.3 Å². The molecular weight excluding hydrogens is 477 g/mol. The largest absolute Gasteiger partial charge is 0.790 e. The van der Waals surface area contributed by atoms with Gasteiger partial charge < -0.3 is 29.3 Å². The van der Waals surface area contributed by atoms with Crippen molar-refractivity contribution in [1.82, 2.24) is 5.32 Å². The summed E-state index contributed by atoms with van der Waals surface area (Å²) in [5.41, 5.74) is 0. The molecule has 0 heterocycles. The Hall–Kier alpha value is -0.720. The van der Waals surface area contributed by atoms with E-state index in [1.165, 1.54) is 77.0 Å². The van der Waals surface area contributed by atoms with Gasteiger partial charge in [0.2, 0.25) is 5.91 Å². The van der Waals surface area contributed by atoms with Crippen LogP contribution in [0.2, 0.25) is 0 Å². The molecular formula is C28H54NO6P-2. The lowest BCUT2D eigenvalue weighted by molar-refractivity contribution is -0.342. The highest BCUT2D eigenvalue weighted by molar-refractivity contribution is 7.43. The van der Waals surface area contributed by atoms with Crippen LogP contribution in [-0.2, 0) is 13.9 Å². The average molecular weight is 532 g/mol. The molecule has 0 unspecified atom stereocenters. The molecule has 0 aliphatic rings. The van der Waals surface area contributed by atoms with Crippen LogP contribution in [0, 0.1) is 0 Å². The van der Waals surface area contributed by atoms with Gasteiger partial charge in [-0.1, -0.05) is 129 Å². The molecule has 0 rings (SSSR count). The van der Waals surface area contributed by atoms with E-state index in [0.29, 0.717) is 6.42 Å². The maximum Gasteiger partial charge on any atom is 0.220 e. The van der Waals surface area contributed by atoms with E-state index in [1.54, 1.807) is 6.08 Å². The van der Waals surface area contributed by atoms with Crippen molar-refractivity contribution in [3.05, 3.63) is 12.2 Å². The Kier molecular flexibility index (Phi) is 24.1. The zero-order chi connectivity index (χ0) is 26.9. The normalized spacial score (nSPS) is 13.8. The molecule has 2 atom stereocenters. The molecule has 0 fully saturated rings. The van der Waals surface area contributed by atoms with Gasteiger partial charge in [0.05, 0.1) is 26.6 Å². The highest BCUT2D eigenvalue weighted by atomic mass is 31.2. The van der Waals surface area contributed by atoms with Gasteiger partial charge in [0.25, 0.3) is 0 Å². The van der Waals surface area contributed by atoms with Gasteiger partial charge in [-0.25, -0.2) is 0 Å². The first-order valence-electron chi connectivity index (χ1n) is 14.6. The van der Waals surface area contributed by atoms with E-state index < -0.39 is 26.6 Å². The number of aliphatic hydroxyl groups is 1. The molecule has 7 nitrogen and oxygen atoms in total. The van der Waals surface area contributed by atoms with Crippen LogP contribution in [-0.4, -0.2) is 29.8 Å². The number of allylic oxidation sites excluding steroid dienone is 1. The summed E-state index contributed by atoms with van der Waals surface area (Å²) >= 11 is 0. The summed E-state index contributed by atoms with van der Waals surface area (Å²) in [6, 6.07) is -0.980. The number of carbonyl (C=O) groups is 1. The van der Waals surface area contributed by atoms with Gasteiger partial charge in [-0.2, -0.15) is 0 Å². The summed E-state index contributed by atoms with van der Waals surface area (Å²) in [4.78, 5) is 34.1. The van der Waals surface area contributed by atoms with Gasteiger partial charge in [0.1, 0.15) is 0 Å². The molecule has 36 heavy (non-hydrogen) atoms. The number of hydrogen-bond acceptors (Lipinski definition) is 6. The minimum absolute atomic E-state index is 0.276. The van der Waals surface area contributed by atoms with Crippen molar-refractivity contribution in [2.24, 2.45) is 0 Å². The first kappa shape index (κ1) is 35.3. The van der Waals surface area contributed by atoms with Crippen LogP contribution in [0.5, 0.6) is 0 Å². The Morgan fingerprint density at radius 2 is 1.25 bits per heavy atom. The number of aliphatic hydroxyl groups excluding tert-OH is 1. The van der Waals surface area contributed by atoms with Crippen LogP contribution in [0.1, 0.15) is 142 Å². The van der Waals surface area contributed by atoms with Crippen molar-refractivity contribution < 1.29 is 28.8 Å². The first-order chi connectivity index (χ1) is 17.3. The first-order valence-corrected chi connectivity index (χ1v) is 16.1. The molecule has 0 aromatic rings. The Labute approximate surface area is 221 Å². The third-order valence-electron chi connectivity index (χ3n) is 6.49. The van der Waals surface area contributed by atoms with Crippen molar-refractivity contribution >= 4 is 13.7 Å². The molecule has 0 aromatic carbocycles. The van der Waals surface area contributed by atoms with Crippen LogP contribution in [0.15, 0.2) is 12.2 Å². The standard InChI is InChI=1S/C28H56NO6P/c1-3-5-7-9-11-12-13-14-15-16-18-19-21-23-27(30)26(25-35-36(32,33)34)29-28(31)24-22-20-17-10-8-6-4-2/h21,23,26-27,30H,3-20,22,24-25H2,1-2H3,(H,29,31)(H2,32,33,34)/p-2/b23-21+/t26-,27+/m0/s1. The van der Waals surface area contributed by atoms with Crippen molar-refractivity contribution in [2.75, 3.05) is 6.61 Å². The highest BCUT2D eigenvalue weighted by Gasteiger charge is 2.20. The second-order valence-electron chi connectivity index (χ2n) is 10.0. The number of phosphoric acid groups is 1. The summed E-state index contributed by atoms with van der Waals surface area (Å²) in [6.45, 7) is 3.84. The number of rotatable bonds is 26. The molecule has 2 N–H and O–H groups in total. The predicted octanol–water partition coefficient (Wildman–Crippen LogP) is 6.08. The minimum Gasteiger partial charge on any atom is -0.790 e. The molecule has 1 amide bonds. The maximum absolute atomic E-state index is 12.3. The van der Waals surface area contributed by atoms with E-state index in [0.717, 1.165) is 44.9 Å². The molecule has 0 saturated heterocycles. The summed E-state index contributed by atoms with van der Waals surface area (Å²) in [5, 5.41) is 13.1. The van der Waals surface area contributed by atoms with Crippen molar-refractivity contribution in [3.8, 4) is 0 Å². The summed E-state index contributed by atoms with van der Waals surface area (Å²) < 4.78 is 15.2. The fourth-order valence-corrected chi connectivity index (χ4v) is 4.56. The fraction of sp³-hybridized carbons (Fsp3) is 0.893. The van der Waals surface area contributed by atoms with Crippen LogP contribution in [0.25, 0.3) is 0 Å². The Morgan fingerprint density at radius 1 is 0.806 bits per heavy atom. The zero-order valence-electron chi connectivity index (χ0n) is 23.1. The quantitative estimate of drug-likeness (QED) is 0.0793. The lowest BCUT2D eigenvalue weighted by atomic mass is 10.0. The van der Waals surface area contributed by atoms with Crippen molar-refractivity contribution in [1.29, 1.82) is 0 Å². The lowest BCUT2D eigenvalue weighted by Gasteiger charge is -2.32.